The van der Waals surface area contributed by atoms with E-state index >= 15 is 0 Å². The molecule has 1 N–H and O–H groups in total. The van der Waals surface area contributed by atoms with Gasteiger partial charge in [-0.15, -0.1) is 13.2 Å². The van der Waals surface area contributed by atoms with Crippen LogP contribution in [0, 0.1) is 6.92 Å². The van der Waals surface area contributed by atoms with Crippen LogP contribution in [0.4, 0.5) is 13.2 Å². The molecule has 9 heteroatoms. The van der Waals surface area contributed by atoms with Gasteiger partial charge in [-0.05, 0) is 35.7 Å². The zero-order valence-corrected chi connectivity index (χ0v) is 13.8. The summed E-state index contributed by atoms with van der Waals surface area (Å²) in [6.07, 6.45) is -4.96. The Morgan fingerprint density at radius 1 is 1.21 bits per heavy atom. The predicted molar refractivity (Wildman–Crippen MR) is 83.6 cm³/mol. The molecule has 24 heavy (non-hydrogen) atoms. The average molecular weight is 381 g/mol. The summed E-state index contributed by atoms with van der Waals surface area (Å²) in [5.74, 6) is -1.56. The molecule has 0 spiro atoms. The van der Waals surface area contributed by atoms with Crippen LogP contribution in [0.2, 0.25) is 5.02 Å². The number of ether oxygens (including phenoxy) is 1. The topological polar surface area (TPSA) is 63.6 Å². The molecule has 0 bridgehead atoms. The molecule has 0 aliphatic carbocycles. The van der Waals surface area contributed by atoms with Gasteiger partial charge in [0, 0.05) is 5.56 Å². The fraction of sp³-hybridized carbons (Fsp3) is 0.200. The Bertz CT molecular complexity index is 864. The number of hydrogen-bond donors (Lipinski definition) is 1. The molecule has 0 aromatic heterocycles. The van der Waals surface area contributed by atoms with Gasteiger partial charge in [-0.3, -0.25) is 4.55 Å². The Hall–Kier alpha value is -1.77. The van der Waals surface area contributed by atoms with Crippen molar-refractivity contribution in [3.05, 3.63) is 52.5 Å². The van der Waals surface area contributed by atoms with Crippen molar-refractivity contribution in [2.24, 2.45) is 0 Å². The highest BCUT2D eigenvalue weighted by molar-refractivity contribution is 7.85. The molecule has 0 saturated carbocycles. The highest BCUT2D eigenvalue weighted by Crippen LogP contribution is 2.38. The van der Waals surface area contributed by atoms with Crippen molar-refractivity contribution in [3.63, 3.8) is 0 Å². The number of alkyl halides is 3. The van der Waals surface area contributed by atoms with Crippen LogP contribution in [0.15, 0.2) is 36.4 Å². The second-order valence-electron chi connectivity index (χ2n) is 5.03. The van der Waals surface area contributed by atoms with Gasteiger partial charge in [-0.1, -0.05) is 35.9 Å². The third kappa shape index (κ3) is 4.86. The summed E-state index contributed by atoms with van der Waals surface area (Å²) in [6, 6.07) is 8.66. The maximum atomic E-state index is 12.4. The standard InChI is InChI=1S/C15H12ClF3O4S/c1-9-4-2-3-5-12(9)14-10(8-24(20,21)22)6-11(7-13(14)16)23-15(17,18)19/h2-7H,8H2,1H3,(H,20,21,22). The maximum Gasteiger partial charge on any atom is 0.573 e. The molecular formula is C15H12ClF3O4S. The van der Waals surface area contributed by atoms with Gasteiger partial charge in [0.15, 0.2) is 0 Å². The van der Waals surface area contributed by atoms with Gasteiger partial charge in [0.05, 0.1) is 5.02 Å². The molecule has 0 aliphatic heterocycles. The highest BCUT2D eigenvalue weighted by atomic mass is 35.5. The summed E-state index contributed by atoms with van der Waals surface area (Å²) >= 11 is 6.07. The van der Waals surface area contributed by atoms with Crippen molar-refractivity contribution in [2.75, 3.05) is 0 Å². The Labute approximate surface area is 141 Å². The third-order valence-electron chi connectivity index (χ3n) is 3.13. The van der Waals surface area contributed by atoms with Crippen LogP contribution in [-0.4, -0.2) is 19.3 Å². The minimum absolute atomic E-state index is 0.0986. The van der Waals surface area contributed by atoms with E-state index in [0.29, 0.717) is 5.56 Å². The van der Waals surface area contributed by atoms with Crippen molar-refractivity contribution >= 4 is 21.7 Å². The lowest BCUT2D eigenvalue weighted by Crippen LogP contribution is -2.17. The molecule has 0 radical (unpaired) electrons. The lowest BCUT2D eigenvalue weighted by Gasteiger charge is -2.16. The van der Waals surface area contributed by atoms with E-state index in [1.54, 1.807) is 31.2 Å². The van der Waals surface area contributed by atoms with Crippen molar-refractivity contribution in [2.45, 2.75) is 19.0 Å². The zero-order valence-electron chi connectivity index (χ0n) is 12.3. The molecule has 0 fully saturated rings. The van der Waals surface area contributed by atoms with E-state index in [4.69, 9.17) is 16.2 Å². The Kier molecular flexibility index (Phi) is 5.12. The van der Waals surface area contributed by atoms with E-state index in [-0.39, 0.29) is 16.1 Å². The highest BCUT2D eigenvalue weighted by Gasteiger charge is 2.32. The first-order valence-corrected chi connectivity index (χ1v) is 8.54. The summed E-state index contributed by atoms with van der Waals surface area (Å²) in [5.41, 5.74) is 1.40. The summed E-state index contributed by atoms with van der Waals surface area (Å²) in [6.45, 7) is 1.74. The number of aryl methyl sites for hydroxylation is 1. The maximum absolute atomic E-state index is 12.4. The van der Waals surface area contributed by atoms with Crippen LogP contribution < -0.4 is 4.74 Å². The molecule has 130 valence electrons. The van der Waals surface area contributed by atoms with Gasteiger partial charge in [0.25, 0.3) is 10.1 Å². The van der Waals surface area contributed by atoms with Gasteiger partial charge in [-0.25, -0.2) is 0 Å². The molecule has 0 saturated heterocycles. The number of hydrogen-bond acceptors (Lipinski definition) is 3. The monoisotopic (exact) mass is 380 g/mol. The van der Waals surface area contributed by atoms with Crippen molar-refractivity contribution in [3.8, 4) is 16.9 Å². The van der Waals surface area contributed by atoms with Crippen molar-refractivity contribution in [1.82, 2.24) is 0 Å². The second-order valence-corrected chi connectivity index (χ2v) is 6.89. The second kappa shape index (κ2) is 6.62. The summed E-state index contributed by atoms with van der Waals surface area (Å²) in [4.78, 5) is 0. The number of halogens is 4. The van der Waals surface area contributed by atoms with Crippen molar-refractivity contribution < 1.29 is 30.9 Å². The first kappa shape index (κ1) is 18.6. The Morgan fingerprint density at radius 3 is 2.38 bits per heavy atom. The number of benzene rings is 2. The molecule has 2 rings (SSSR count). The molecule has 0 heterocycles. The first-order chi connectivity index (χ1) is 11.0. The third-order valence-corrected chi connectivity index (χ3v) is 4.11. The summed E-state index contributed by atoms with van der Waals surface area (Å²) in [7, 11) is -4.49. The molecule has 0 aliphatic rings. The van der Waals surface area contributed by atoms with E-state index < -0.39 is 28.0 Å². The fourth-order valence-electron chi connectivity index (χ4n) is 2.29. The molecule has 0 unspecified atom stereocenters. The largest absolute Gasteiger partial charge is 0.573 e. The molecule has 0 amide bonds. The van der Waals surface area contributed by atoms with Crippen LogP contribution in [0.5, 0.6) is 5.75 Å². The smallest absolute Gasteiger partial charge is 0.406 e. The van der Waals surface area contributed by atoms with Crippen molar-refractivity contribution in [1.29, 1.82) is 0 Å². The molecule has 2 aromatic rings. The summed E-state index contributed by atoms with van der Waals surface area (Å²) in [5, 5.41) is -0.121. The fourth-order valence-corrected chi connectivity index (χ4v) is 3.25. The first-order valence-electron chi connectivity index (χ1n) is 6.55. The van der Waals surface area contributed by atoms with E-state index in [2.05, 4.69) is 4.74 Å². The SMILES string of the molecule is Cc1ccccc1-c1c(Cl)cc(OC(F)(F)F)cc1CS(=O)(=O)O. The van der Waals surface area contributed by atoms with Crippen LogP contribution in [0.1, 0.15) is 11.1 Å². The number of rotatable bonds is 4. The Balaban J connectivity index is 2.67. The van der Waals surface area contributed by atoms with E-state index in [9.17, 15) is 21.6 Å². The van der Waals surface area contributed by atoms with E-state index in [0.717, 1.165) is 17.7 Å². The van der Waals surface area contributed by atoms with Gasteiger partial charge in [0.2, 0.25) is 0 Å². The average Bonchev–Trinajstić information content (AvgIpc) is 2.36. The molecular weight excluding hydrogens is 369 g/mol. The van der Waals surface area contributed by atoms with E-state index in [1.165, 1.54) is 0 Å². The molecule has 4 nitrogen and oxygen atoms in total. The lowest BCUT2D eigenvalue weighted by atomic mass is 9.96. The molecule has 0 atom stereocenters. The van der Waals surface area contributed by atoms with Crippen LogP contribution in [0.3, 0.4) is 0 Å². The van der Waals surface area contributed by atoms with Crippen LogP contribution >= 0.6 is 11.6 Å². The summed E-state index contributed by atoms with van der Waals surface area (Å²) < 4.78 is 72.5. The predicted octanol–water partition coefficient (Wildman–Crippen LogP) is 4.60. The van der Waals surface area contributed by atoms with Gasteiger partial charge >= 0.3 is 6.36 Å². The lowest BCUT2D eigenvalue weighted by molar-refractivity contribution is -0.274. The minimum atomic E-state index is -4.96. The zero-order chi connectivity index (χ0) is 18.1. The van der Waals surface area contributed by atoms with Crippen LogP contribution in [-0.2, 0) is 15.9 Å². The van der Waals surface area contributed by atoms with Gasteiger partial charge in [0.1, 0.15) is 11.5 Å². The quantitative estimate of drug-likeness (QED) is 0.787. The van der Waals surface area contributed by atoms with Gasteiger partial charge < -0.3 is 4.74 Å². The normalized spacial score (nSPS) is 12.2. The minimum Gasteiger partial charge on any atom is -0.406 e. The van der Waals surface area contributed by atoms with E-state index in [1.807, 2.05) is 0 Å². The van der Waals surface area contributed by atoms with Crippen LogP contribution in [0.25, 0.3) is 11.1 Å². The molecule has 2 aromatic carbocycles. The Morgan fingerprint density at radius 2 is 1.83 bits per heavy atom. The van der Waals surface area contributed by atoms with Gasteiger partial charge in [-0.2, -0.15) is 8.42 Å².